The fourth-order valence-electron chi connectivity index (χ4n) is 1.67. The molecular weight excluding hydrogens is 240 g/mol. The van der Waals surface area contributed by atoms with Crippen LogP contribution in [-0.4, -0.2) is 31.3 Å². The molecule has 0 spiro atoms. The third kappa shape index (κ3) is 2.08. The zero-order chi connectivity index (χ0) is 12.6. The molecule has 4 nitrogen and oxygen atoms in total. The van der Waals surface area contributed by atoms with Gasteiger partial charge < -0.3 is 4.90 Å². The van der Waals surface area contributed by atoms with Gasteiger partial charge >= 0.3 is 0 Å². The number of carbonyl (C=O) groups excluding carboxylic acids is 2. The fraction of sp³-hybridized carbons (Fsp3) is 0.250. The summed E-state index contributed by atoms with van der Waals surface area (Å²) < 4.78 is 0. The Morgan fingerprint density at radius 1 is 1.41 bits per heavy atom. The molecule has 0 amide bonds. The van der Waals surface area contributed by atoms with E-state index in [4.69, 9.17) is 11.6 Å². The first-order valence-corrected chi connectivity index (χ1v) is 5.47. The number of halogens is 1. The van der Waals surface area contributed by atoms with Crippen molar-refractivity contribution >= 4 is 40.2 Å². The molecule has 5 heteroatoms. The lowest BCUT2D eigenvalue weighted by Gasteiger charge is -2.18. The first-order chi connectivity index (χ1) is 8.00. The Balaban J connectivity index is 2.46. The van der Waals surface area contributed by atoms with E-state index in [-0.39, 0.29) is 5.78 Å². The van der Waals surface area contributed by atoms with Crippen molar-refractivity contribution in [3.8, 4) is 0 Å². The van der Waals surface area contributed by atoms with Crippen LogP contribution in [0.4, 0.5) is 11.4 Å². The van der Waals surface area contributed by atoms with Gasteiger partial charge in [-0.05, 0) is 29.8 Å². The van der Waals surface area contributed by atoms with Crippen molar-refractivity contribution in [3.63, 3.8) is 0 Å². The molecule has 0 fully saturated rings. The van der Waals surface area contributed by atoms with E-state index in [9.17, 15) is 9.59 Å². The summed E-state index contributed by atoms with van der Waals surface area (Å²) in [6.07, 6.45) is 1.30. The van der Waals surface area contributed by atoms with Gasteiger partial charge in [-0.15, -0.1) is 0 Å². The maximum atomic E-state index is 11.9. The smallest absolute Gasteiger partial charge is 0.237 e. The van der Waals surface area contributed by atoms with Gasteiger partial charge in [-0.3, -0.25) is 14.6 Å². The topological polar surface area (TPSA) is 49.7 Å². The van der Waals surface area contributed by atoms with Crippen LogP contribution in [0.5, 0.6) is 0 Å². The molecule has 0 aromatic heterocycles. The van der Waals surface area contributed by atoms with Gasteiger partial charge in [0.2, 0.25) is 5.24 Å². The van der Waals surface area contributed by atoms with Gasteiger partial charge in [0.15, 0.2) is 5.78 Å². The second kappa shape index (κ2) is 4.30. The minimum absolute atomic E-state index is 0.291. The molecular formula is C12H11ClN2O2. The van der Waals surface area contributed by atoms with Crippen LogP contribution in [0.25, 0.3) is 0 Å². The molecule has 0 radical (unpaired) electrons. The number of aliphatic imine (C=N–C) groups is 1. The normalized spacial score (nSPS) is 17.8. The van der Waals surface area contributed by atoms with E-state index in [0.29, 0.717) is 11.3 Å². The van der Waals surface area contributed by atoms with Crippen molar-refractivity contribution in [1.82, 2.24) is 0 Å². The van der Waals surface area contributed by atoms with Crippen molar-refractivity contribution in [2.45, 2.75) is 0 Å². The van der Waals surface area contributed by atoms with Crippen LogP contribution in [0.3, 0.4) is 0 Å². The van der Waals surface area contributed by atoms with Crippen LogP contribution in [-0.2, 0) is 4.79 Å². The Morgan fingerprint density at radius 2 is 2.12 bits per heavy atom. The molecule has 0 saturated heterocycles. The predicted octanol–water partition coefficient (Wildman–Crippen LogP) is 2.03. The molecule has 1 aliphatic heterocycles. The fourth-order valence-corrected chi connectivity index (χ4v) is 1.82. The number of hydrogen-bond acceptors (Lipinski definition) is 4. The van der Waals surface area contributed by atoms with Crippen LogP contribution in [0.2, 0.25) is 0 Å². The van der Waals surface area contributed by atoms with E-state index in [0.717, 1.165) is 5.69 Å². The minimum atomic E-state index is -0.950. The molecule has 1 aliphatic rings. The van der Waals surface area contributed by atoms with Gasteiger partial charge in [-0.1, -0.05) is 0 Å². The van der Waals surface area contributed by atoms with Crippen molar-refractivity contribution in [3.05, 3.63) is 23.8 Å². The number of carbonyl (C=O) groups is 2. The molecule has 1 aromatic carbocycles. The van der Waals surface area contributed by atoms with Crippen molar-refractivity contribution < 1.29 is 9.59 Å². The van der Waals surface area contributed by atoms with Crippen LogP contribution < -0.4 is 4.90 Å². The highest BCUT2D eigenvalue weighted by Gasteiger charge is 2.29. The summed E-state index contributed by atoms with van der Waals surface area (Å²) in [7, 11) is 3.81. The third-order valence-corrected chi connectivity index (χ3v) is 2.89. The molecule has 1 heterocycles. The summed E-state index contributed by atoms with van der Waals surface area (Å²) in [4.78, 5) is 29.0. The number of anilines is 1. The predicted molar refractivity (Wildman–Crippen MR) is 67.6 cm³/mol. The molecule has 2 rings (SSSR count). The molecule has 0 saturated carbocycles. The van der Waals surface area contributed by atoms with E-state index >= 15 is 0 Å². The summed E-state index contributed by atoms with van der Waals surface area (Å²) in [6.45, 7) is 0. The highest BCUT2D eigenvalue weighted by molar-refractivity contribution is 6.67. The molecule has 1 unspecified atom stereocenters. The second-order valence-corrected chi connectivity index (χ2v) is 4.39. The monoisotopic (exact) mass is 250 g/mol. The number of nitrogens with zero attached hydrogens (tertiary/aromatic N) is 2. The average molecular weight is 251 g/mol. The molecule has 0 bridgehead atoms. The second-order valence-electron chi connectivity index (χ2n) is 4.02. The lowest BCUT2D eigenvalue weighted by Crippen LogP contribution is -2.25. The lowest BCUT2D eigenvalue weighted by molar-refractivity contribution is -0.112. The Morgan fingerprint density at radius 3 is 2.71 bits per heavy atom. The van der Waals surface area contributed by atoms with Crippen LogP contribution in [0, 0.1) is 5.92 Å². The highest BCUT2D eigenvalue weighted by Crippen LogP contribution is 2.30. The summed E-state index contributed by atoms with van der Waals surface area (Å²) in [5.41, 5.74) is 1.97. The quantitative estimate of drug-likeness (QED) is 0.596. The average Bonchev–Trinajstić information content (AvgIpc) is 2.28. The van der Waals surface area contributed by atoms with Gasteiger partial charge in [-0.25, -0.2) is 0 Å². The van der Waals surface area contributed by atoms with Crippen molar-refractivity contribution in [1.29, 1.82) is 0 Å². The standard InChI is InChI=1S/C12H11ClN2O2/c1-15(2)7-3-4-8-10(5-7)14-6-9(11(8)16)12(13)17/h3-6,9H,1-2H3. The van der Waals surface area contributed by atoms with Crippen molar-refractivity contribution in [2.75, 3.05) is 19.0 Å². The first-order valence-electron chi connectivity index (χ1n) is 5.10. The summed E-state index contributed by atoms with van der Waals surface area (Å²) in [5.74, 6) is -1.24. The van der Waals surface area contributed by atoms with Crippen LogP contribution >= 0.6 is 11.6 Å². The van der Waals surface area contributed by atoms with E-state index in [1.165, 1.54) is 6.21 Å². The molecule has 0 N–H and O–H groups in total. The van der Waals surface area contributed by atoms with E-state index < -0.39 is 11.2 Å². The van der Waals surface area contributed by atoms with E-state index in [1.807, 2.05) is 25.1 Å². The zero-order valence-electron chi connectivity index (χ0n) is 9.48. The Bertz CT molecular complexity index is 523. The summed E-state index contributed by atoms with van der Waals surface area (Å²) >= 11 is 5.34. The first kappa shape index (κ1) is 11.8. The highest BCUT2D eigenvalue weighted by atomic mass is 35.5. The van der Waals surface area contributed by atoms with Gasteiger partial charge in [0, 0.05) is 31.6 Å². The lowest BCUT2D eigenvalue weighted by atomic mass is 9.95. The molecule has 17 heavy (non-hydrogen) atoms. The molecule has 1 aromatic rings. The minimum Gasteiger partial charge on any atom is -0.378 e. The molecule has 0 aliphatic carbocycles. The van der Waals surface area contributed by atoms with E-state index in [1.54, 1.807) is 12.1 Å². The van der Waals surface area contributed by atoms with Gasteiger partial charge in [-0.2, -0.15) is 0 Å². The SMILES string of the molecule is CN(C)c1ccc2c(c1)N=CC(C(=O)Cl)C2=O. The Kier molecular flexibility index (Phi) is 2.98. The number of Topliss-reactive ketones (excluding diaryl/α,β-unsaturated/α-hetero) is 1. The van der Waals surface area contributed by atoms with Crippen molar-refractivity contribution in [2.24, 2.45) is 10.9 Å². The maximum absolute atomic E-state index is 11.9. The van der Waals surface area contributed by atoms with Crippen LogP contribution in [0.15, 0.2) is 23.2 Å². The number of rotatable bonds is 2. The van der Waals surface area contributed by atoms with Gasteiger partial charge in [0.05, 0.1) is 5.69 Å². The maximum Gasteiger partial charge on any atom is 0.237 e. The van der Waals surface area contributed by atoms with Crippen LogP contribution in [0.1, 0.15) is 10.4 Å². The Labute approximate surface area is 104 Å². The largest absolute Gasteiger partial charge is 0.378 e. The van der Waals surface area contributed by atoms with Gasteiger partial charge in [0.1, 0.15) is 5.92 Å². The summed E-state index contributed by atoms with van der Waals surface area (Å²) in [6, 6.07) is 5.29. The number of benzene rings is 1. The zero-order valence-corrected chi connectivity index (χ0v) is 10.2. The number of hydrogen-bond donors (Lipinski definition) is 0. The number of ketones is 1. The number of fused-ring (bicyclic) bond motifs is 1. The van der Waals surface area contributed by atoms with Gasteiger partial charge in [0.25, 0.3) is 0 Å². The third-order valence-electron chi connectivity index (χ3n) is 2.65. The Hall–Kier alpha value is -1.68. The molecule has 1 atom stereocenters. The van der Waals surface area contributed by atoms with E-state index in [2.05, 4.69) is 4.99 Å². The summed E-state index contributed by atoms with van der Waals surface area (Å²) in [5, 5.41) is -0.693. The molecule has 88 valence electrons.